The van der Waals surface area contributed by atoms with Crippen LogP contribution in [0.25, 0.3) is 0 Å². The van der Waals surface area contributed by atoms with Gasteiger partial charge in [0.05, 0.1) is 4.99 Å². The molecule has 19 heavy (non-hydrogen) atoms. The molecule has 2 aliphatic rings. The standard InChI is InChI=1S/C13H24N2O2S2/c1-3-12(13(14)18)19(16,17)15-8(2)11-7-9-4-5-10(11)6-9/h8-12,15H,3-7H2,1-2H3,(H2,14,18). The van der Waals surface area contributed by atoms with E-state index >= 15 is 0 Å². The fraction of sp³-hybridized carbons (Fsp3) is 0.923. The molecule has 0 spiro atoms. The summed E-state index contributed by atoms with van der Waals surface area (Å²) in [6.07, 6.45) is 5.45. The maximum Gasteiger partial charge on any atom is 0.221 e. The van der Waals surface area contributed by atoms with Gasteiger partial charge in [-0.05, 0) is 50.4 Å². The third-order valence-electron chi connectivity index (χ3n) is 4.85. The molecule has 2 saturated carbocycles. The minimum Gasteiger partial charge on any atom is -0.392 e. The average molecular weight is 304 g/mol. The van der Waals surface area contributed by atoms with Gasteiger partial charge in [-0.3, -0.25) is 0 Å². The van der Waals surface area contributed by atoms with E-state index in [1.165, 1.54) is 19.3 Å². The number of fused-ring (bicyclic) bond motifs is 2. The van der Waals surface area contributed by atoms with Crippen LogP contribution in [-0.4, -0.2) is 24.7 Å². The Morgan fingerprint density at radius 1 is 1.42 bits per heavy atom. The first-order chi connectivity index (χ1) is 8.85. The Hall–Kier alpha value is -0.200. The zero-order valence-electron chi connectivity index (χ0n) is 11.6. The van der Waals surface area contributed by atoms with Crippen LogP contribution < -0.4 is 10.5 Å². The average Bonchev–Trinajstić information content (AvgIpc) is 2.89. The molecule has 2 fully saturated rings. The molecule has 4 nitrogen and oxygen atoms in total. The second kappa shape index (κ2) is 5.66. The molecule has 5 atom stereocenters. The molecule has 2 rings (SSSR count). The molecule has 2 aliphatic carbocycles. The minimum atomic E-state index is -3.44. The van der Waals surface area contributed by atoms with Gasteiger partial charge in [0, 0.05) is 6.04 Å². The van der Waals surface area contributed by atoms with Crippen LogP contribution in [0.2, 0.25) is 0 Å². The van der Waals surface area contributed by atoms with Crippen LogP contribution in [0.3, 0.4) is 0 Å². The van der Waals surface area contributed by atoms with E-state index < -0.39 is 15.3 Å². The lowest BCUT2D eigenvalue weighted by molar-refractivity contribution is 0.280. The van der Waals surface area contributed by atoms with Gasteiger partial charge < -0.3 is 5.73 Å². The van der Waals surface area contributed by atoms with Crippen molar-refractivity contribution in [2.24, 2.45) is 23.5 Å². The summed E-state index contributed by atoms with van der Waals surface area (Å²) in [7, 11) is -3.44. The third-order valence-corrected chi connectivity index (χ3v) is 7.32. The zero-order chi connectivity index (χ0) is 14.2. The van der Waals surface area contributed by atoms with Crippen molar-refractivity contribution in [3.63, 3.8) is 0 Å². The van der Waals surface area contributed by atoms with Crippen LogP contribution >= 0.6 is 12.2 Å². The Labute approximate surface area is 121 Å². The van der Waals surface area contributed by atoms with Crippen molar-refractivity contribution < 1.29 is 8.42 Å². The van der Waals surface area contributed by atoms with E-state index in [4.69, 9.17) is 18.0 Å². The molecule has 2 bridgehead atoms. The van der Waals surface area contributed by atoms with Gasteiger partial charge in [-0.1, -0.05) is 25.6 Å². The van der Waals surface area contributed by atoms with E-state index in [-0.39, 0.29) is 11.0 Å². The minimum absolute atomic E-state index is 0.0105. The van der Waals surface area contributed by atoms with Crippen molar-refractivity contribution in [2.45, 2.75) is 57.2 Å². The molecule has 5 unspecified atom stereocenters. The normalized spacial score (nSPS) is 33.3. The number of rotatable bonds is 6. The van der Waals surface area contributed by atoms with Gasteiger partial charge in [-0.25, -0.2) is 13.1 Å². The summed E-state index contributed by atoms with van der Waals surface area (Å²) in [6, 6.07) is -0.0105. The number of nitrogens with two attached hydrogens (primary N) is 1. The SMILES string of the molecule is CCC(C(N)=S)S(=O)(=O)NC(C)C1CC2CCC1C2. The molecule has 6 heteroatoms. The van der Waals surface area contributed by atoms with E-state index in [0.717, 1.165) is 12.3 Å². The molecule has 0 aromatic heterocycles. The summed E-state index contributed by atoms with van der Waals surface area (Å²) in [6.45, 7) is 3.78. The lowest BCUT2D eigenvalue weighted by Gasteiger charge is -2.29. The highest BCUT2D eigenvalue weighted by Gasteiger charge is 2.43. The largest absolute Gasteiger partial charge is 0.392 e. The summed E-state index contributed by atoms with van der Waals surface area (Å²) >= 11 is 4.86. The van der Waals surface area contributed by atoms with Crippen molar-refractivity contribution in [1.82, 2.24) is 4.72 Å². The number of nitrogens with one attached hydrogen (secondary N) is 1. The molecule has 0 amide bonds. The van der Waals surface area contributed by atoms with Gasteiger partial charge in [-0.2, -0.15) is 0 Å². The van der Waals surface area contributed by atoms with Crippen molar-refractivity contribution in [1.29, 1.82) is 0 Å². The van der Waals surface area contributed by atoms with Crippen LogP contribution in [0, 0.1) is 17.8 Å². The number of thiocarbonyl (C=S) groups is 1. The van der Waals surface area contributed by atoms with Crippen molar-refractivity contribution >= 4 is 27.2 Å². The summed E-state index contributed by atoms with van der Waals surface area (Å²) in [4.78, 5) is 0.0649. The highest BCUT2D eigenvalue weighted by atomic mass is 32.2. The number of hydrogen-bond donors (Lipinski definition) is 2. The molecule has 3 N–H and O–H groups in total. The van der Waals surface area contributed by atoms with Gasteiger partial charge in [0.25, 0.3) is 0 Å². The summed E-state index contributed by atoms with van der Waals surface area (Å²) < 4.78 is 27.4. The Bertz CT molecular complexity index is 450. The van der Waals surface area contributed by atoms with E-state index in [0.29, 0.717) is 18.3 Å². The van der Waals surface area contributed by atoms with Crippen LogP contribution in [0.5, 0.6) is 0 Å². The predicted molar refractivity (Wildman–Crippen MR) is 81.3 cm³/mol. The van der Waals surface area contributed by atoms with Crippen LogP contribution in [0.15, 0.2) is 0 Å². The van der Waals surface area contributed by atoms with E-state index in [1.807, 2.05) is 6.92 Å². The lowest BCUT2D eigenvalue weighted by atomic mass is 9.84. The molecule has 0 aromatic carbocycles. The van der Waals surface area contributed by atoms with Crippen LogP contribution in [0.4, 0.5) is 0 Å². The molecular formula is C13H24N2O2S2. The van der Waals surface area contributed by atoms with E-state index in [2.05, 4.69) is 4.72 Å². The first kappa shape index (κ1) is 15.2. The Morgan fingerprint density at radius 2 is 2.11 bits per heavy atom. The topological polar surface area (TPSA) is 72.2 Å². The number of sulfonamides is 1. The summed E-state index contributed by atoms with van der Waals surface area (Å²) in [5, 5.41) is -0.747. The van der Waals surface area contributed by atoms with Gasteiger partial charge in [-0.15, -0.1) is 0 Å². The molecule has 0 heterocycles. The van der Waals surface area contributed by atoms with E-state index in [9.17, 15) is 8.42 Å². The molecule has 110 valence electrons. The van der Waals surface area contributed by atoms with Gasteiger partial charge >= 0.3 is 0 Å². The summed E-state index contributed by atoms with van der Waals surface area (Å²) in [5.74, 6) is 2.00. The summed E-state index contributed by atoms with van der Waals surface area (Å²) in [5.41, 5.74) is 5.54. The molecular weight excluding hydrogens is 280 g/mol. The highest BCUT2D eigenvalue weighted by Crippen LogP contribution is 2.49. The monoisotopic (exact) mass is 304 g/mol. The molecule has 0 radical (unpaired) electrons. The predicted octanol–water partition coefficient (Wildman–Crippen LogP) is 1.80. The Morgan fingerprint density at radius 3 is 2.53 bits per heavy atom. The maximum absolute atomic E-state index is 12.3. The molecule has 0 saturated heterocycles. The van der Waals surface area contributed by atoms with Crippen LogP contribution in [-0.2, 0) is 10.0 Å². The first-order valence-corrected chi connectivity index (χ1v) is 9.11. The molecule has 0 aliphatic heterocycles. The second-order valence-electron chi connectivity index (χ2n) is 6.09. The maximum atomic E-state index is 12.3. The quantitative estimate of drug-likeness (QED) is 0.734. The second-order valence-corrected chi connectivity index (χ2v) is 8.46. The molecule has 0 aromatic rings. The van der Waals surface area contributed by atoms with Crippen molar-refractivity contribution in [3.8, 4) is 0 Å². The fourth-order valence-electron chi connectivity index (χ4n) is 3.91. The first-order valence-electron chi connectivity index (χ1n) is 7.15. The van der Waals surface area contributed by atoms with Gasteiger partial charge in [0.1, 0.15) is 5.25 Å². The zero-order valence-corrected chi connectivity index (χ0v) is 13.3. The van der Waals surface area contributed by atoms with Crippen molar-refractivity contribution in [2.75, 3.05) is 0 Å². The lowest BCUT2D eigenvalue weighted by Crippen LogP contribution is -2.47. The van der Waals surface area contributed by atoms with Gasteiger partial charge in [0.15, 0.2) is 0 Å². The number of hydrogen-bond acceptors (Lipinski definition) is 3. The Balaban J connectivity index is 2.01. The van der Waals surface area contributed by atoms with Gasteiger partial charge in [0.2, 0.25) is 10.0 Å². The smallest absolute Gasteiger partial charge is 0.221 e. The van der Waals surface area contributed by atoms with Crippen LogP contribution in [0.1, 0.15) is 46.0 Å². The fourth-order valence-corrected chi connectivity index (χ4v) is 6.06. The van der Waals surface area contributed by atoms with E-state index in [1.54, 1.807) is 6.92 Å². The highest BCUT2D eigenvalue weighted by molar-refractivity contribution is 7.93. The van der Waals surface area contributed by atoms with Crippen molar-refractivity contribution in [3.05, 3.63) is 0 Å². The third kappa shape index (κ3) is 3.11. The Kier molecular flexibility index (Phi) is 4.52.